The molecule has 0 unspecified atom stereocenters. The van der Waals surface area contributed by atoms with Crippen molar-refractivity contribution in [1.82, 2.24) is 10.2 Å². The third-order valence-corrected chi connectivity index (χ3v) is 3.49. The zero-order chi connectivity index (χ0) is 10.3. The van der Waals surface area contributed by atoms with Crippen LogP contribution in [0.25, 0.3) is 0 Å². The Kier molecular flexibility index (Phi) is 2.01. The lowest BCUT2D eigenvalue weighted by atomic mass is 9.77. The first-order valence-corrected chi connectivity index (χ1v) is 5.15. The van der Waals surface area contributed by atoms with E-state index in [9.17, 15) is 9.59 Å². The Morgan fingerprint density at radius 2 is 1.93 bits per heavy atom. The summed E-state index contributed by atoms with van der Waals surface area (Å²) in [6, 6.07) is -0.246. The molecule has 1 saturated carbocycles. The molecular weight excluding hydrogens is 180 g/mol. The molecule has 1 heterocycles. The number of urea groups is 1. The second-order valence-corrected chi connectivity index (χ2v) is 4.56. The predicted octanol–water partition coefficient (Wildman–Crippen LogP) is 1.12. The molecule has 3 amide bonds. The summed E-state index contributed by atoms with van der Waals surface area (Å²) < 4.78 is 0. The second-order valence-electron chi connectivity index (χ2n) is 4.56. The van der Waals surface area contributed by atoms with Crippen molar-refractivity contribution in [3.8, 4) is 0 Å². The van der Waals surface area contributed by atoms with E-state index in [2.05, 4.69) is 12.2 Å². The fourth-order valence-electron chi connectivity index (χ4n) is 2.35. The third-order valence-electron chi connectivity index (χ3n) is 3.49. The van der Waals surface area contributed by atoms with E-state index >= 15 is 0 Å². The molecule has 0 bridgehead atoms. The maximum absolute atomic E-state index is 11.8. The van der Waals surface area contributed by atoms with E-state index in [1.54, 1.807) is 7.05 Å². The molecule has 2 fully saturated rings. The van der Waals surface area contributed by atoms with Gasteiger partial charge >= 0.3 is 6.03 Å². The van der Waals surface area contributed by atoms with Crippen molar-refractivity contribution >= 4 is 11.9 Å². The summed E-state index contributed by atoms with van der Waals surface area (Å²) >= 11 is 0. The van der Waals surface area contributed by atoms with E-state index in [1.807, 2.05) is 0 Å². The first-order valence-electron chi connectivity index (χ1n) is 5.15. The number of hydrogen-bond acceptors (Lipinski definition) is 2. The van der Waals surface area contributed by atoms with Crippen molar-refractivity contribution < 1.29 is 9.59 Å². The van der Waals surface area contributed by atoms with Crippen molar-refractivity contribution in [2.75, 3.05) is 7.05 Å². The van der Waals surface area contributed by atoms with Crippen LogP contribution < -0.4 is 5.32 Å². The highest BCUT2D eigenvalue weighted by Crippen LogP contribution is 2.35. The van der Waals surface area contributed by atoms with E-state index in [0.717, 1.165) is 25.7 Å². The van der Waals surface area contributed by atoms with Gasteiger partial charge in [-0.3, -0.25) is 9.69 Å². The summed E-state index contributed by atoms with van der Waals surface area (Å²) in [6.45, 7) is 2.19. The van der Waals surface area contributed by atoms with Gasteiger partial charge in [0.05, 0.1) is 0 Å². The van der Waals surface area contributed by atoms with Crippen molar-refractivity contribution in [2.45, 2.75) is 38.1 Å². The highest BCUT2D eigenvalue weighted by molar-refractivity contribution is 6.06. The predicted molar refractivity (Wildman–Crippen MR) is 51.7 cm³/mol. The van der Waals surface area contributed by atoms with E-state index in [0.29, 0.717) is 5.92 Å². The molecule has 14 heavy (non-hydrogen) atoms. The van der Waals surface area contributed by atoms with Crippen LogP contribution in [0.4, 0.5) is 4.79 Å². The lowest BCUT2D eigenvalue weighted by Crippen LogP contribution is -2.49. The fourth-order valence-corrected chi connectivity index (χ4v) is 2.35. The number of hydrogen-bond donors (Lipinski definition) is 1. The summed E-state index contributed by atoms with van der Waals surface area (Å²) in [7, 11) is 1.55. The summed E-state index contributed by atoms with van der Waals surface area (Å²) in [5.74, 6) is 0.630. The van der Waals surface area contributed by atoms with Crippen LogP contribution in [0.3, 0.4) is 0 Å². The van der Waals surface area contributed by atoms with Crippen LogP contribution in [0.1, 0.15) is 32.6 Å². The molecule has 0 aromatic heterocycles. The minimum atomic E-state index is -0.557. The van der Waals surface area contributed by atoms with Gasteiger partial charge in [-0.25, -0.2) is 4.79 Å². The first kappa shape index (κ1) is 9.49. The van der Waals surface area contributed by atoms with Gasteiger partial charge in [-0.15, -0.1) is 0 Å². The van der Waals surface area contributed by atoms with E-state index in [-0.39, 0.29) is 11.9 Å². The Morgan fingerprint density at radius 3 is 2.36 bits per heavy atom. The van der Waals surface area contributed by atoms with Crippen LogP contribution in [0.15, 0.2) is 0 Å². The topological polar surface area (TPSA) is 49.4 Å². The van der Waals surface area contributed by atoms with Crippen LogP contribution >= 0.6 is 0 Å². The molecule has 4 heteroatoms. The van der Waals surface area contributed by atoms with Crippen molar-refractivity contribution in [3.05, 3.63) is 0 Å². The smallest absolute Gasteiger partial charge is 0.323 e. The first-order chi connectivity index (χ1) is 6.55. The Hall–Kier alpha value is -1.06. The Bertz CT molecular complexity index is 280. The number of nitrogens with one attached hydrogen (secondary N) is 1. The van der Waals surface area contributed by atoms with Crippen LogP contribution in [-0.4, -0.2) is 29.4 Å². The van der Waals surface area contributed by atoms with Crippen molar-refractivity contribution in [3.63, 3.8) is 0 Å². The fraction of sp³-hybridized carbons (Fsp3) is 0.800. The molecule has 78 valence electrons. The molecular formula is C10H16N2O2. The number of nitrogens with zero attached hydrogens (tertiary/aromatic N) is 1. The molecule has 1 aliphatic carbocycles. The zero-order valence-corrected chi connectivity index (χ0v) is 8.67. The van der Waals surface area contributed by atoms with Crippen molar-refractivity contribution in [1.29, 1.82) is 0 Å². The molecule has 0 aromatic rings. The van der Waals surface area contributed by atoms with Gasteiger partial charge in [-0.2, -0.15) is 0 Å². The van der Waals surface area contributed by atoms with Gasteiger partial charge in [-0.05, 0) is 31.6 Å². The largest absolute Gasteiger partial charge is 0.324 e. The monoisotopic (exact) mass is 196 g/mol. The summed E-state index contributed by atoms with van der Waals surface area (Å²) in [5, 5.41) is 2.83. The van der Waals surface area contributed by atoms with E-state index in [1.165, 1.54) is 4.90 Å². The van der Waals surface area contributed by atoms with Crippen LogP contribution in [0.2, 0.25) is 0 Å². The second kappa shape index (κ2) is 2.97. The number of amides is 3. The molecule has 0 atom stereocenters. The quantitative estimate of drug-likeness (QED) is 0.590. The average Bonchev–Trinajstić information content (AvgIpc) is 2.37. The summed E-state index contributed by atoms with van der Waals surface area (Å²) in [5.41, 5.74) is -0.557. The van der Waals surface area contributed by atoms with E-state index < -0.39 is 5.54 Å². The number of imide groups is 1. The minimum absolute atomic E-state index is 0.0469. The van der Waals surface area contributed by atoms with Gasteiger partial charge in [0.1, 0.15) is 5.54 Å². The molecule has 0 radical (unpaired) electrons. The third kappa shape index (κ3) is 1.21. The van der Waals surface area contributed by atoms with Crippen LogP contribution in [0.5, 0.6) is 0 Å². The molecule has 2 rings (SSSR count). The molecule has 2 aliphatic rings. The van der Waals surface area contributed by atoms with Gasteiger partial charge in [-0.1, -0.05) is 6.92 Å². The highest BCUT2D eigenvalue weighted by Gasteiger charge is 2.50. The Morgan fingerprint density at radius 1 is 1.36 bits per heavy atom. The number of likely N-dealkylation sites (N-methyl/N-ethyl adjacent to an activating group) is 1. The number of carbonyl (C=O) groups is 2. The highest BCUT2D eigenvalue weighted by atomic mass is 16.2. The molecule has 1 aliphatic heterocycles. The molecule has 1 saturated heterocycles. The SMILES string of the molecule is CC1CCC2(CC1)NC(=O)N(C)C2=O. The number of rotatable bonds is 0. The molecule has 4 nitrogen and oxygen atoms in total. The maximum Gasteiger partial charge on any atom is 0.324 e. The Labute approximate surface area is 83.6 Å². The molecule has 1 N–H and O–H groups in total. The van der Waals surface area contributed by atoms with Gasteiger partial charge in [0.15, 0.2) is 0 Å². The molecule has 0 aromatic carbocycles. The van der Waals surface area contributed by atoms with E-state index in [4.69, 9.17) is 0 Å². The zero-order valence-electron chi connectivity index (χ0n) is 8.67. The summed E-state index contributed by atoms with van der Waals surface area (Å²) in [4.78, 5) is 24.4. The lowest BCUT2D eigenvalue weighted by molar-refractivity contribution is -0.131. The molecule has 1 spiro atoms. The Balaban J connectivity index is 2.18. The van der Waals surface area contributed by atoms with Crippen molar-refractivity contribution in [2.24, 2.45) is 5.92 Å². The maximum atomic E-state index is 11.8. The summed E-state index contributed by atoms with van der Waals surface area (Å²) in [6.07, 6.45) is 3.64. The lowest BCUT2D eigenvalue weighted by Gasteiger charge is -2.33. The van der Waals surface area contributed by atoms with Crippen LogP contribution in [-0.2, 0) is 4.79 Å². The van der Waals surface area contributed by atoms with Gasteiger partial charge < -0.3 is 5.32 Å². The average molecular weight is 196 g/mol. The standard InChI is InChI=1S/C10H16N2O2/c1-7-3-5-10(6-4-7)8(13)12(2)9(14)11-10/h7H,3-6H2,1-2H3,(H,11,14). The van der Waals surface area contributed by atoms with Gasteiger partial charge in [0, 0.05) is 7.05 Å². The van der Waals surface area contributed by atoms with Crippen LogP contribution in [0, 0.1) is 5.92 Å². The van der Waals surface area contributed by atoms with Gasteiger partial charge in [0.25, 0.3) is 5.91 Å². The normalized spacial score (nSPS) is 37.9. The number of carbonyl (C=O) groups excluding carboxylic acids is 2. The minimum Gasteiger partial charge on any atom is -0.323 e. The van der Waals surface area contributed by atoms with Gasteiger partial charge in [0.2, 0.25) is 0 Å².